The Morgan fingerprint density at radius 1 is 1.40 bits per heavy atom. The van der Waals surface area contributed by atoms with E-state index in [1.54, 1.807) is 17.0 Å². The van der Waals surface area contributed by atoms with E-state index in [1.165, 1.54) is 6.08 Å². The number of aliphatic carboxylic acids is 1. The number of hydrogen-bond donors (Lipinski definition) is 1. The Morgan fingerprint density at radius 3 is 2.75 bits per heavy atom. The highest BCUT2D eigenvalue weighted by molar-refractivity contribution is 5.90. The molecule has 4 nitrogen and oxygen atoms in total. The molecule has 102 valence electrons. The van der Waals surface area contributed by atoms with E-state index in [-0.39, 0.29) is 5.57 Å². The molecule has 2 rings (SSSR count). The number of nitrogens with zero attached hydrogens (tertiary/aromatic N) is 2. The van der Waals surface area contributed by atoms with Crippen molar-refractivity contribution in [3.8, 4) is 5.69 Å². The highest BCUT2D eigenvalue weighted by Gasteiger charge is 2.08. The van der Waals surface area contributed by atoms with Crippen LogP contribution in [0, 0.1) is 13.8 Å². The molecule has 0 radical (unpaired) electrons. The minimum Gasteiger partial charge on any atom is -0.478 e. The quantitative estimate of drug-likeness (QED) is 0.684. The van der Waals surface area contributed by atoms with Crippen molar-refractivity contribution in [2.75, 3.05) is 0 Å². The molecule has 1 aromatic heterocycles. The van der Waals surface area contributed by atoms with Crippen LogP contribution in [0.25, 0.3) is 11.8 Å². The Hall–Kier alpha value is -2.62. The summed E-state index contributed by atoms with van der Waals surface area (Å²) in [4.78, 5) is 10.8. The number of carboxylic acids is 1. The van der Waals surface area contributed by atoms with Gasteiger partial charge in [0, 0.05) is 18.0 Å². The molecular weight excluding hydrogens is 252 g/mol. The summed E-state index contributed by atoms with van der Waals surface area (Å²) < 4.78 is 1.76. The summed E-state index contributed by atoms with van der Waals surface area (Å²) in [5, 5.41) is 13.1. The molecule has 4 heteroatoms. The minimum absolute atomic E-state index is 0.0531. The minimum atomic E-state index is -1.02. The lowest BCUT2D eigenvalue weighted by atomic mass is 10.00. The lowest BCUT2D eigenvalue weighted by Crippen LogP contribution is -2.01. The first-order chi connectivity index (χ1) is 9.50. The van der Waals surface area contributed by atoms with Crippen LogP contribution in [0.3, 0.4) is 0 Å². The van der Waals surface area contributed by atoms with Crippen molar-refractivity contribution >= 4 is 12.0 Å². The molecule has 0 amide bonds. The second-order valence-corrected chi connectivity index (χ2v) is 4.55. The second-order valence-electron chi connectivity index (χ2n) is 4.55. The van der Waals surface area contributed by atoms with Crippen LogP contribution in [0.4, 0.5) is 0 Å². The Bertz CT molecular complexity index is 683. The fraction of sp³-hybridized carbons (Fsp3) is 0.125. The normalized spacial score (nSPS) is 10.9. The molecule has 20 heavy (non-hydrogen) atoms. The van der Waals surface area contributed by atoms with E-state index in [0.29, 0.717) is 0 Å². The molecule has 0 saturated heterocycles. The molecule has 0 bridgehead atoms. The lowest BCUT2D eigenvalue weighted by molar-refractivity contribution is -0.132. The first-order valence-electron chi connectivity index (χ1n) is 6.21. The standard InChI is InChI=1S/C16H16N2O2/c1-11-6-8-15(18-10-4-9-17-18)14(13(11)3)7-5-12(2)16(19)20/h4-10H,2H2,1,3H3,(H,19,20)/b7-5-. The number of carbonyl (C=O) groups is 1. The number of benzene rings is 1. The summed E-state index contributed by atoms with van der Waals surface area (Å²) in [7, 11) is 0. The van der Waals surface area contributed by atoms with Crippen molar-refractivity contribution in [2.24, 2.45) is 0 Å². The molecule has 0 spiro atoms. The monoisotopic (exact) mass is 268 g/mol. The smallest absolute Gasteiger partial charge is 0.335 e. The van der Waals surface area contributed by atoms with E-state index < -0.39 is 5.97 Å². The van der Waals surface area contributed by atoms with Crippen molar-refractivity contribution in [1.82, 2.24) is 9.78 Å². The van der Waals surface area contributed by atoms with E-state index in [2.05, 4.69) is 11.7 Å². The SMILES string of the molecule is C=C(/C=C\c1c(-n2cccn2)ccc(C)c1C)C(=O)O. The zero-order chi connectivity index (χ0) is 14.7. The Morgan fingerprint density at radius 2 is 2.15 bits per heavy atom. The predicted molar refractivity (Wildman–Crippen MR) is 78.8 cm³/mol. The maximum atomic E-state index is 10.8. The molecule has 0 aliphatic rings. The molecule has 0 fully saturated rings. The van der Waals surface area contributed by atoms with E-state index in [4.69, 9.17) is 5.11 Å². The summed E-state index contributed by atoms with van der Waals surface area (Å²) in [6, 6.07) is 5.84. The fourth-order valence-corrected chi connectivity index (χ4v) is 1.90. The van der Waals surface area contributed by atoms with E-state index in [9.17, 15) is 4.79 Å². The first kappa shape index (κ1) is 13.8. The van der Waals surface area contributed by atoms with Gasteiger partial charge in [-0.1, -0.05) is 18.7 Å². The van der Waals surface area contributed by atoms with E-state index >= 15 is 0 Å². The zero-order valence-corrected chi connectivity index (χ0v) is 11.5. The third kappa shape index (κ3) is 2.69. The van der Waals surface area contributed by atoms with Crippen molar-refractivity contribution in [3.05, 3.63) is 65.5 Å². The molecule has 1 N–H and O–H groups in total. The fourth-order valence-electron chi connectivity index (χ4n) is 1.90. The van der Waals surface area contributed by atoms with Gasteiger partial charge in [0.1, 0.15) is 0 Å². The van der Waals surface area contributed by atoms with Crippen molar-refractivity contribution in [3.63, 3.8) is 0 Å². The average Bonchev–Trinajstić information content (AvgIpc) is 2.93. The Balaban J connectivity index is 2.52. The van der Waals surface area contributed by atoms with Gasteiger partial charge in [0.2, 0.25) is 0 Å². The number of aryl methyl sites for hydroxylation is 1. The van der Waals surface area contributed by atoms with Gasteiger partial charge in [-0.15, -0.1) is 0 Å². The average molecular weight is 268 g/mol. The largest absolute Gasteiger partial charge is 0.478 e. The van der Waals surface area contributed by atoms with Crippen LogP contribution >= 0.6 is 0 Å². The zero-order valence-electron chi connectivity index (χ0n) is 11.5. The first-order valence-corrected chi connectivity index (χ1v) is 6.21. The van der Waals surface area contributed by atoms with Gasteiger partial charge in [-0.3, -0.25) is 0 Å². The molecule has 0 aliphatic carbocycles. The van der Waals surface area contributed by atoms with Crippen molar-refractivity contribution in [1.29, 1.82) is 0 Å². The van der Waals surface area contributed by atoms with Crippen molar-refractivity contribution in [2.45, 2.75) is 13.8 Å². The lowest BCUT2D eigenvalue weighted by Gasteiger charge is -2.12. The van der Waals surface area contributed by atoms with Crippen LogP contribution in [0.15, 0.2) is 48.8 Å². The van der Waals surface area contributed by atoms with Gasteiger partial charge in [-0.05, 0) is 43.2 Å². The van der Waals surface area contributed by atoms with Crippen LogP contribution in [-0.2, 0) is 4.79 Å². The van der Waals surface area contributed by atoms with Crippen LogP contribution in [0.5, 0.6) is 0 Å². The Kier molecular flexibility index (Phi) is 3.84. The van der Waals surface area contributed by atoms with Gasteiger partial charge in [0.05, 0.1) is 11.3 Å². The highest BCUT2D eigenvalue weighted by Crippen LogP contribution is 2.23. The summed E-state index contributed by atoms with van der Waals surface area (Å²) in [5.74, 6) is -1.02. The highest BCUT2D eigenvalue weighted by atomic mass is 16.4. The van der Waals surface area contributed by atoms with Crippen LogP contribution in [-0.4, -0.2) is 20.9 Å². The van der Waals surface area contributed by atoms with Crippen LogP contribution < -0.4 is 0 Å². The Labute approximate surface area is 117 Å². The summed E-state index contributed by atoms with van der Waals surface area (Å²) in [6.07, 6.45) is 6.85. The number of hydrogen-bond acceptors (Lipinski definition) is 2. The molecule has 1 heterocycles. The van der Waals surface area contributed by atoms with Gasteiger partial charge in [0.15, 0.2) is 0 Å². The third-order valence-electron chi connectivity index (χ3n) is 3.24. The predicted octanol–water partition coefficient (Wildman–Crippen LogP) is 3.14. The van der Waals surface area contributed by atoms with Gasteiger partial charge in [0.25, 0.3) is 0 Å². The van der Waals surface area contributed by atoms with E-state index in [0.717, 1.165) is 22.4 Å². The van der Waals surface area contributed by atoms with Gasteiger partial charge < -0.3 is 5.11 Å². The summed E-state index contributed by atoms with van der Waals surface area (Å²) in [5.41, 5.74) is 4.13. The van der Waals surface area contributed by atoms with E-state index in [1.807, 2.05) is 38.2 Å². The molecule has 0 saturated carbocycles. The van der Waals surface area contributed by atoms with Gasteiger partial charge in [-0.2, -0.15) is 5.10 Å². The molecule has 1 aromatic carbocycles. The third-order valence-corrected chi connectivity index (χ3v) is 3.24. The molecular formula is C16H16N2O2. The number of aromatic nitrogens is 2. The molecule has 0 atom stereocenters. The number of carboxylic acid groups (broad SMARTS) is 1. The molecule has 0 aliphatic heterocycles. The molecule has 0 unspecified atom stereocenters. The second kappa shape index (κ2) is 5.57. The van der Waals surface area contributed by atoms with Crippen LogP contribution in [0.2, 0.25) is 0 Å². The van der Waals surface area contributed by atoms with Gasteiger partial charge in [-0.25, -0.2) is 9.48 Å². The van der Waals surface area contributed by atoms with Crippen molar-refractivity contribution < 1.29 is 9.90 Å². The van der Waals surface area contributed by atoms with Crippen LogP contribution in [0.1, 0.15) is 16.7 Å². The maximum Gasteiger partial charge on any atom is 0.335 e. The number of rotatable bonds is 4. The van der Waals surface area contributed by atoms with Gasteiger partial charge >= 0.3 is 5.97 Å². The maximum absolute atomic E-state index is 10.8. The molecule has 2 aromatic rings. The topological polar surface area (TPSA) is 55.1 Å². The summed E-state index contributed by atoms with van der Waals surface area (Å²) in [6.45, 7) is 7.53. The summed E-state index contributed by atoms with van der Waals surface area (Å²) >= 11 is 0.